The summed E-state index contributed by atoms with van der Waals surface area (Å²) in [6.07, 6.45) is 1.65. The molecular formula is C9H10BrKO3. The third-order valence-electron chi connectivity index (χ3n) is 1.27. The summed E-state index contributed by atoms with van der Waals surface area (Å²) in [6.45, 7) is 3.96. The van der Waals surface area contributed by atoms with Crippen molar-refractivity contribution in [3.8, 4) is 11.5 Å². The largest absolute Gasteiger partial charge is 1.00 e. The minimum Gasteiger partial charge on any atom is -0.870 e. The molecule has 0 aliphatic rings. The first kappa shape index (κ1) is 17.0. The first-order valence-corrected chi connectivity index (χ1v) is 4.25. The molecule has 0 aliphatic carbocycles. The molecule has 0 heterocycles. The fraction of sp³-hybridized carbons (Fsp3) is 0.111. The predicted octanol–water partition coefficient (Wildman–Crippen LogP) is -0.453. The number of rotatable bonds is 3. The molecule has 2 N–H and O–H groups in total. The summed E-state index contributed by atoms with van der Waals surface area (Å²) < 4.78 is 6.06. The van der Waals surface area contributed by atoms with Crippen LogP contribution in [0.15, 0.2) is 35.3 Å². The van der Waals surface area contributed by atoms with Crippen LogP contribution in [-0.2, 0) is 0 Å². The van der Waals surface area contributed by atoms with E-state index in [0.717, 1.165) is 4.47 Å². The SMILES string of the molecule is C=CCOc1cc(O)ccc1Br.[K+].[OH-]. The molecule has 0 aromatic heterocycles. The number of ether oxygens (including phenoxy) is 1. The van der Waals surface area contributed by atoms with E-state index in [2.05, 4.69) is 22.5 Å². The van der Waals surface area contributed by atoms with Gasteiger partial charge in [-0.15, -0.1) is 0 Å². The van der Waals surface area contributed by atoms with E-state index in [4.69, 9.17) is 9.84 Å². The zero-order valence-electron chi connectivity index (χ0n) is 7.90. The van der Waals surface area contributed by atoms with Crippen molar-refractivity contribution in [1.29, 1.82) is 0 Å². The van der Waals surface area contributed by atoms with Gasteiger partial charge in [-0.2, -0.15) is 0 Å². The average Bonchev–Trinajstić information content (AvgIpc) is 2.07. The van der Waals surface area contributed by atoms with Gasteiger partial charge in [-0.1, -0.05) is 12.7 Å². The number of halogens is 1. The quantitative estimate of drug-likeness (QED) is 0.604. The Bertz CT molecular complexity index is 291. The molecule has 5 heteroatoms. The number of aromatic hydroxyl groups is 1. The maximum absolute atomic E-state index is 9.11. The number of benzene rings is 1. The van der Waals surface area contributed by atoms with E-state index in [0.29, 0.717) is 12.4 Å². The summed E-state index contributed by atoms with van der Waals surface area (Å²) in [4.78, 5) is 0. The van der Waals surface area contributed by atoms with Crippen LogP contribution >= 0.6 is 15.9 Å². The first-order chi connectivity index (χ1) is 5.74. The topological polar surface area (TPSA) is 59.5 Å². The van der Waals surface area contributed by atoms with Crippen LogP contribution in [0.5, 0.6) is 11.5 Å². The molecule has 14 heavy (non-hydrogen) atoms. The van der Waals surface area contributed by atoms with Crippen molar-refractivity contribution < 1.29 is 66.7 Å². The van der Waals surface area contributed by atoms with Gasteiger partial charge in [0.2, 0.25) is 0 Å². The number of phenols is 1. The summed E-state index contributed by atoms with van der Waals surface area (Å²) in [5, 5.41) is 9.11. The van der Waals surface area contributed by atoms with Gasteiger partial charge >= 0.3 is 51.4 Å². The van der Waals surface area contributed by atoms with Crippen LogP contribution in [0.2, 0.25) is 0 Å². The Morgan fingerprint density at radius 3 is 2.71 bits per heavy atom. The monoisotopic (exact) mass is 284 g/mol. The molecule has 0 radical (unpaired) electrons. The summed E-state index contributed by atoms with van der Waals surface area (Å²) in [5.74, 6) is 0.812. The molecule has 0 aliphatic heterocycles. The molecule has 0 bridgehead atoms. The molecule has 1 aromatic carbocycles. The Morgan fingerprint density at radius 1 is 1.50 bits per heavy atom. The second-order valence-corrected chi connectivity index (χ2v) is 3.07. The summed E-state index contributed by atoms with van der Waals surface area (Å²) in [5.41, 5.74) is 0. The van der Waals surface area contributed by atoms with E-state index in [1.165, 1.54) is 0 Å². The normalized spacial score (nSPS) is 8.07. The van der Waals surface area contributed by atoms with E-state index in [1.807, 2.05) is 0 Å². The third-order valence-corrected chi connectivity index (χ3v) is 1.93. The van der Waals surface area contributed by atoms with E-state index < -0.39 is 0 Å². The van der Waals surface area contributed by atoms with E-state index in [9.17, 15) is 0 Å². The van der Waals surface area contributed by atoms with Gasteiger partial charge in [-0.05, 0) is 28.1 Å². The van der Waals surface area contributed by atoms with Crippen LogP contribution in [0.1, 0.15) is 0 Å². The number of hydrogen-bond acceptors (Lipinski definition) is 3. The Hall–Kier alpha value is 0.636. The fourth-order valence-electron chi connectivity index (χ4n) is 0.751. The maximum atomic E-state index is 9.11. The summed E-state index contributed by atoms with van der Waals surface area (Å²) >= 11 is 3.29. The Labute approximate surface area is 134 Å². The molecule has 0 atom stereocenters. The maximum Gasteiger partial charge on any atom is 1.00 e. The van der Waals surface area contributed by atoms with Crippen molar-refractivity contribution in [3.63, 3.8) is 0 Å². The van der Waals surface area contributed by atoms with Gasteiger partial charge in [0.05, 0.1) is 4.47 Å². The van der Waals surface area contributed by atoms with Crippen LogP contribution in [-0.4, -0.2) is 17.2 Å². The van der Waals surface area contributed by atoms with Gasteiger partial charge in [-0.25, -0.2) is 0 Å². The molecule has 1 rings (SSSR count). The number of hydrogen-bond donors (Lipinski definition) is 1. The van der Waals surface area contributed by atoms with Gasteiger partial charge in [0.25, 0.3) is 0 Å². The zero-order chi connectivity index (χ0) is 8.97. The van der Waals surface area contributed by atoms with Crippen molar-refractivity contribution in [3.05, 3.63) is 35.3 Å². The fourth-order valence-corrected chi connectivity index (χ4v) is 1.11. The molecule has 3 nitrogen and oxygen atoms in total. The second kappa shape index (κ2) is 8.91. The van der Waals surface area contributed by atoms with Crippen molar-refractivity contribution in [2.24, 2.45) is 0 Å². The van der Waals surface area contributed by atoms with E-state index in [-0.39, 0.29) is 62.6 Å². The van der Waals surface area contributed by atoms with Gasteiger partial charge in [0.1, 0.15) is 18.1 Å². The minimum atomic E-state index is 0. The summed E-state index contributed by atoms with van der Waals surface area (Å²) in [6, 6.07) is 4.87. The van der Waals surface area contributed by atoms with Crippen LogP contribution < -0.4 is 56.1 Å². The van der Waals surface area contributed by atoms with Crippen LogP contribution in [0.3, 0.4) is 0 Å². The molecule has 0 spiro atoms. The smallest absolute Gasteiger partial charge is 0.870 e. The van der Waals surface area contributed by atoms with Gasteiger partial charge in [0, 0.05) is 6.07 Å². The van der Waals surface area contributed by atoms with Gasteiger partial charge < -0.3 is 15.3 Å². The standard InChI is InChI=1S/C9H9BrO2.K.H2O/c1-2-5-12-9-6-7(11)3-4-8(9)10;;/h2-4,6,11H,1,5H2;;1H2/q;+1;/p-1. The van der Waals surface area contributed by atoms with Crippen LogP contribution in [0.4, 0.5) is 0 Å². The van der Waals surface area contributed by atoms with Crippen molar-refractivity contribution in [2.75, 3.05) is 6.61 Å². The molecule has 1 aromatic rings. The van der Waals surface area contributed by atoms with Crippen molar-refractivity contribution in [2.45, 2.75) is 0 Å². The Kier molecular flexibility index (Phi) is 10.8. The average molecular weight is 285 g/mol. The molecule has 0 amide bonds. The number of phenolic OH excluding ortho intramolecular Hbond substituents is 1. The predicted molar refractivity (Wildman–Crippen MR) is 53.4 cm³/mol. The molecule has 0 saturated carbocycles. The molecule has 72 valence electrons. The van der Waals surface area contributed by atoms with Crippen LogP contribution in [0.25, 0.3) is 0 Å². The Morgan fingerprint density at radius 2 is 2.14 bits per heavy atom. The Balaban J connectivity index is 0. The second-order valence-electron chi connectivity index (χ2n) is 2.21. The summed E-state index contributed by atoms with van der Waals surface area (Å²) in [7, 11) is 0. The van der Waals surface area contributed by atoms with Gasteiger partial charge in [0.15, 0.2) is 0 Å². The van der Waals surface area contributed by atoms with E-state index in [1.54, 1.807) is 24.3 Å². The minimum absolute atomic E-state index is 0. The third kappa shape index (κ3) is 5.50. The molecule has 0 saturated heterocycles. The zero-order valence-corrected chi connectivity index (χ0v) is 12.6. The van der Waals surface area contributed by atoms with Crippen molar-refractivity contribution in [1.82, 2.24) is 0 Å². The van der Waals surface area contributed by atoms with Gasteiger partial charge in [-0.3, -0.25) is 0 Å². The molecular weight excluding hydrogens is 275 g/mol. The molecule has 0 unspecified atom stereocenters. The molecule has 0 fully saturated rings. The first-order valence-electron chi connectivity index (χ1n) is 3.46. The van der Waals surface area contributed by atoms with Crippen molar-refractivity contribution >= 4 is 15.9 Å². The van der Waals surface area contributed by atoms with E-state index >= 15 is 0 Å². The van der Waals surface area contributed by atoms with Crippen LogP contribution in [0, 0.1) is 0 Å².